The molecule has 0 spiro atoms. The minimum absolute atomic E-state index is 0.183. The van der Waals surface area contributed by atoms with Crippen LogP contribution in [-0.2, 0) is 7.05 Å². The Labute approximate surface area is 196 Å². The molecule has 2 unspecified atom stereocenters. The monoisotopic (exact) mass is 433 g/mol. The lowest BCUT2D eigenvalue weighted by molar-refractivity contribution is 0.686. The number of benzene rings is 2. The fourth-order valence-corrected chi connectivity index (χ4v) is 5.88. The smallest absolute Gasteiger partial charge is 0.141 e. The molecule has 0 amide bonds. The maximum absolute atomic E-state index is 5.40. The van der Waals surface area contributed by atoms with E-state index in [4.69, 9.17) is 4.98 Å². The number of fused-ring (bicyclic) bond motifs is 8. The van der Waals surface area contributed by atoms with Crippen molar-refractivity contribution in [2.45, 2.75) is 51.6 Å². The van der Waals surface area contributed by atoms with Gasteiger partial charge in [0.2, 0.25) is 0 Å². The van der Waals surface area contributed by atoms with Crippen LogP contribution in [0.4, 0.5) is 5.69 Å². The van der Waals surface area contributed by atoms with Crippen molar-refractivity contribution >= 4 is 5.69 Å². The Bertz CT molecular complexity index is 1320. The molecule has 2 aromatic carbocycles. The molecule has 166 valence electrons. The van der Waals surface area contributed by atoms with Crippen LogP contribution in [0.5, 0.6) is 0 Å². The fourth-order valence-electron chi connectivity index (χ4n) is 5.88. The molecule has 0 bridgehead atoms. The molecule has 0 saturated carbocycles. The van der Waals surface area contributed by atoms with Gasteiger partial charge in [0.1, 0.15) is 5.82 Å². The first-order chi connectivity index (χ1) is 16.0. The molecule has 0 radical (unpaired) electrons. The van der Waals surface area contributed by atoms with Crippen LogP contribution < -0.4 is 4.90 Å². The van der Waals surface area contributed by atoms with E-state index >= 15 is 0 Å². The number of allylic oxidation sites excluding steroid dienone is 2. The molecular weight excluding hydrogens is 402 g/mol. The van der Waals surface area contributed by atoms with E-state index in [0.717, 1.165) is 11.5 Å². The predicted octanol–water partition coefficient (Wildman–Crippen LogP) is 7.30. The minimum Gasteiger partial charge on any atom is -0.348 e. The van der Waals surface area contributed by atoms with Crippen LogP contribution in [0.3, 0.4) is 0 Å². The summed E-state index contributed by atoms with van der Waals surface area (Å²) in [4.78, 5) is 7.96. The van der Waals surface area contributed by atoms with Crippen molar-refractivity contribution in [1.29, 1.82) is 0 Å². The summed E-state index contributed by atoms with van der Waals surface area (Å²) < 4.78 is 2.37. The highest BCUT2D eigenvalue weighted by molar-refractivity contribution is 5.87. The van der Waals surface area contributed by atoms with Gasteiger partial charge in [-0.1, -0.05) is 94.5 Å². The van der Waals surface area contributed by atoms with Gasteiger partial charge in [-0.05, 0) is 34.6 Å². The number of rotatable bonds is 3. The number of hydrogen-bond acceptors (Lipinski definition) is 2. The summed E-state index contributed by atoms with van der Waals surface area (Å²) in [6.45, 7) is 9.14. The van der Waals surface area contributed by atoms with E-state index in [2.05, 4.69) is 117 Å². The number of para-hydroxylation sites is 1. The third-order valence-corrected chi connectivity index (χ3v) is 7.44. The Hall–Kier alpha value is -3.33. The summed E-state index contributed by atoms with van der Waals surface area (Å²) in [6.07, 6.45) is 11.3. The van der Waals surface area contributed by atoms with Gasteiger partial charge in [-0.15, -0.1) is 0 Å². The van der Waals surface area contributed by atoms with E-state index in [1.54, 1.807) is 0 Å². The minimum atomic E-state index is 0.183. The summed E-state index contributed by atoms with van der Waals surface area (Å²) in [5.41, 5.74) is 10.4. The molecule has 0 N–H and O–H groups in total. The molecule has 3 heterocycles. The second kappa shape index (κ2) is 7.34. The molecule has 2 aliphatic heterocycles. The number of nitrogens with zero attached hydrogens (tertiary/aromatic N) is 3. The second-order valence-electron chi connectivity index (χ2n) is 10.1. The van der Waals surface area contributed by atoms with Crippen LogP contribution in [0.2, 0.25) is 0 Å². The van der Waals surface area contributed by atoms with E-state index < -0.39 is 0 Å². The second-order valence-corrected chi connectivity index (χ2v) is 10.1. The van der Waals surface area contributed by atoms with Crippen LogP contribution in [0.1, 0.15) is 62.4 Å². The Kier molecular flexibility index (Phi) is 4.52. The number of aromatic nitrogens is 2. The van der Waals surface area contributed by atoms with Gasteiger partial charge in [0, 0.05) is 23.9 Å². The van der Waals surface area contributed by atoms with Crippen molar-refractivity contribution in [3.63, 3.8) is 0 Å². The van der Waals surface area contributed by atoms with E-state index in [9.17, 15) is 0 Å². The first-order valence-electron chi connectivity index (χ1n) is 12.1. The van der Waals surface area contributed by atoms with E-state index in [-0.39, 0.29) is 12.1 Å². The van der Waals surface area contributed by atoms with Gasteiger partial charge in [0.25, 0.3) is 0 Å². The number of anilines is 1. The van der Waals surface area contributed by atoms with Crippen LogP contribution in [0, 0.1) is 0 Å². The molecule has 6 rings (SSSR count). The zero-order chi connectivity index (χ0) is 22.9. The van der Waals surface area contributed by atoms with Gasteiger partial charge >= 0.3 is 0 Å². The lowest BCUT2D eigenvalue weighted by Crippen LogP contribution is -2.36. The summed E-state index contributed by atoms with van der Waals surface area (Å²) in [5, 5.41) is 0. The Morgan fingerprint density at radius 3 is 2.30 bits per heavy atom. The molecule has 1 aromatic heterocycles. The van der Waals surface area contributed by atoms with Gasteiger partial charge in [0.05, 0.1) is 23.5 Å². The Balaban J connectivity index is 1.64. The lowest BCUT2D eigenvalue weighted by Gasteiger charge is -2.37. The van der Waals surface area contributed by atoms with Gasteiger partial charge in [0.15, 0.2) is 0 Å². The molecule has 3 nitrogen and oxygen atoms in total. The van der Waals surface area contributed by atoms with Crippen LogP contribution in [0.25, 0.3) is 22.6 Å². The molecule has 2 atom stereocenters. The maximum Gasteiger partial charge on any atom is 0.141 e. The summed E-state index contributed by atoms with van der Waals surface area (Å²) in [5.74, 6) is 1.95. The van der Waals surface area contributed by atoms with Crippen LogP contribution in [-0.4, -0.2) is 15.6 Å². The molecule has 3 heteroatoms. The van der Waals surface area contributed by atoms with Crippen molar-refractivity contribution < 1.29 is 0 Å². The number of imidazole rings is 1. The average Bonchev–Trinajstić information content (AvgIpc) is 3.36. The summed E-state index contributed by atoms with van der Waals surface area (Å²) in [6, 6.07) is 16.0. The fraction of sp³-hybridized carbons (Fsp3) is 0.300. The van der Waals surface area contributed by atoms with Gasteiger partial charge in [-0.25, -0.2) is 4.98 Å². The molecule has 33 heavy (non-hydrogen) atoms. The average molecular weight is 434 g/mol. The first-order valence-corrected chi connectivity index (χ1v) is 12.1. The van der Waals surface area contributed by atoms with Crippen molar-refractivity contribution in [3.8, 4) is 22.6 Å². The van der Waals surface area contributed by atoms with Crippen molar-refractivity contribution in [1.82, 2.24) is 9.55 Å². The highest BCUT2D eigenvalue weighted by Gasteiger charge is 2.42. The van der Waals surface area contributed by atoms with E-state index in [1.165, 1.54) is 39.2 Å². The summed E-state index contributed by atoms with van der Waals surface area (Å²) in [7, 11) is 2.21. The molecule has 3 aromatic rings. The number of hydrogen-bond donors (Lipinski definition) is 0. The zero-order valence-corrected chi connectivity index (χ0v) is 20.1. The van der Waals surface area contributed by atoms with Gasteiger partial charge < -0.3 is 9.47 Å². The molecule has 1 aliphatic carbocycles. The van der Waals surface area contributed by atoms with Crippen LogP contribution in [0.15, 0.2) is 78.4 Å². The molecule has 0 fully saturated rings. The molecule has 0 saturated heterocycles. The third kappa shape index (κ3) is 2.84. The SMILES string of the molecule is CC(C)c1cccc(C(C)C)c1-c1nc2c(n1C)C1C=C3C=CC=CC3N1c1ccccc1-2. The van der Waals surface area contributed by atoms with Crippen molar-refractivity contribution in [2.24, 2.45) is 7.05 Å². The standard InChI is InChI=1S/C30H31N3/c1-18(2)21-13-10-14-22(19(3)4)27(21)30-31-28-23-12-7-9-16-25(23)33-24-15-8-6-11-20(24)17-26(33)29(28)32(30)5/h6-19,24,26H,1-5H3. The largest absolute Gasteiger partial charge is 0.348 e. The first kappa shape index (κ1) is 20.3. The van der Waals surface area contributed by atoms with E-state index in [1.807, 2.05) is 0 Å². The third-order valence-electron chi connectivity index (χ3n) is 7.44. The van der Waals surface area contributed by atoms with Gasteiger partial charge in [-0.2, -0.15) is 0 Å². The molecule has 3 aliphatic rings. The maximum atomic E-state index is 5.40. The van der Waals surface area contributed by atoms with Crippen LogP contribution >= 0.6 is 0 Å². The normalized spacial score (nSPS) is 20.1. The highest BCUT2D eigenvalue weighted by Crippen LogP contribution is 2.52. The van der Waals surface area contributed by atoms with Gasteiger partial charge in [-0.3, -0.25) is 0 Å². The van der Waals surface area contributed by atoms with E-state index in [0.29, 0.717) is 11.8 Å². The topological polar surface area (TPSA) is 21.1 Å². The summed E-state index contributed by atoms with van der Waals surface area (Å²) >= 11 is 0. The van der Waals surface area contributed by atoms with Crippen molar-refractivity contribution in [2.75, 3.05) is 4.90 Å². The highest BCUT2D eigenvalue weighted by atomic mass is 15.3. The quantitative estimate of drug-likeness (QED) is 0.432. The predicted molar refractivity (Wildman–Crippen MR) is 138 cm³/mol. The Morgan fingerprint density at radius 1 is 0.848 bits per heavy atom. The molecular formula is C30H31N3. The zero-order valence-electron chi connectivity index (χ0n) is 20.1. The lowest BCUT2D eigenvalue weighted by atomic mass is 9.88. The Morgan fingerprint density at radius 2 is 1.58 bits per heavy atom. The van der Waals surface area contributed by atoms with Crippen molar-refractivity contribution in [3.05, 3.63) is 95.2 Å².